The van der Waals surface area contributed by atoms with Gasteiger partial charge in [0, 0.05) is 10.6 Å². The van der Waals surface area contributed by atoms with E-state index in [-0.39, 0.29) is 6.10 Å². The minimum absolute atomic E-state index is 0.0174. The van der Waals surface area contributed by atoms with Gasteiger partial charge in [-0.15, -0.1) is 0 Å². The summed E-state index contributed by atoms with van der Waals surface area (Å²) in [6.45, 7) is 2.59. The summed E-state index contributed by atoms with van der Waals surface area (Å²) in [5.74, 6) is 0.814. The van der Waals surface area contributed by atoms with Crippen LogP contribution in [0.2, 0.25) is 5.02 Å². The Hall–Kier alpha value is -1.51. The van der Waals surface area contributed by atoms with E-state index in [4.69, 9.17) is 22.1 Å². The normalized spacial score (nSPS) is 12.2. The number of rotatable bonds is 5. The first-order valence-electron chi connectivity index (χ1n) is 6.41. The summed E-state index contributed by atoms with van der Waals surface area (Å²) < 4.78 is 6.02. The molecular weight excluding hydrogens is 258 g/mol. The van der Waals surface area contributed by atoms with Gasteiger partial charge in [0.05, 0.1) is 0 Å². The standard InChI is InChI=1S/C16H18ClNO/c1-12(13-6-3-2-4-7-13)19-16-9-5-8-15(17)14(16)10-11-18/h2-9,12H,10-11,18H2,1H3. The van der Waals surface area contributed by atoms with Crippen molar-refractivity contribution in [1.82, 2.24) is 0 Å². The van der Waals surface area contributed by atoms with Crippen LogP contribution >= 0.6 is 11.6 Å². The Morgan fingerprint density at radius 3 is 2.53 bits per heavy atom. The molecule has 0 aliphatic heterocycles. The Balaban J connectivity index is 2.21. The molecule has 2 aromatic rings. The minimum atomic E-state index is -0.0174. The summed E-state index contributed by atoms with van der Waals surface area (Å²) in [7, 11) is 0. The van der Waals surface area contributed by atoms with E-state index >= 15 is 0 Å². The zero-order valence-corrected chi connectivity index (χ0v) is 11.7. The third-order valence-corrected chi connectivity index (χ3v) is 3.40. The van der Waals surface area contributed by atoms with Crippen molar-refractivity contribution in [3.05, 3.63) is 64.7 Å². The average molecular weight is 276 g/mol. The minimum Gasteiger partial charge on any atom is -0.486 e. The highest BCUT2D eigenvalue weighted by molar-refractivity contribution is 6.31. The second-order valence-electron chi connectivity index (χ2n) is 4.43. The van der Waals surface area contributed by atoms with Gasteiger partial charge in [-0.1, -0.05) is 48.0 Å². The number of nitrogens with two attached hydrogens (primary N) is 1. The Labute approximate surface area is 119 Å². The lowest BCUT2D eigenvalue weighted by Gasteiger charge is -2.18. The Bertz CT molecular complexity index is 528. The van der Waals surface area contributed by atoms with E-state index in [9.17, 15) is 0 Å². The maximum Gasteiger partial charge on any atom is 0.124 e. The monoisotopic (exact) mass is 275 g/mol. The molecule has 100 valence electrons. The molecule has 0 aliphatic rings. The number of hydrogen-bond donors (Lipinski definition) is 1. The molecule has 0 saturated carbocycles. The van der Waals surface area contributed by atoms with Crippen LogP contribution in [0, 0.1) is 0 Å². The SMILES string of the molecule is CC(Oc1cccc(Cl)c1CCN)c1ccccc1. The third-order valence-electron chi connectivity index (χ3n) is 3.04. The second-order valence-corrected chi connectivity index (χ2v) is 4.83. The van der Waals surface area contributed by atoms with E-state index in [1.165, 1.54) is 0 Å². The maximum atomic E-state index is 6.20. The zero-order chi connectivity index (χ0) is 13.7. The molecule has 0 aromatic heterocycles. The molecule has 3 heteroatoms. The van der Waals surface area contributed by atoms with E-state index in [0.717, 1.165) is 23.3 Å². The van der Waals surface area contributed by atoms with Crippen molar-refractivity contribution >= 4 is 11.6 Å². The van der Waals surface area contributed by atoms with Gasteiger partial charge in [-0.3, -0.25) is 0 Å². The molecule has 0 spiro atoms. The van der Waals surface area contributed by atoms with Gasteiger partial charge in [0.15, 0.2) is 0 Å². The van der Waals surface area contributed by atoms with Crippen LogP contribution in [-0.4, -0.2) is 6.54 Å². The lowest BCUT2D eigenvalue weighted by atomic mass is 10.1. The molecule has 0 aliphatic carbocycles. The maximum absolute atomic E-state index is 6.20. The van der Waals surface area contributed by atoms with E-state index in [1.54, 1.807) is 0 Å². The molecular formula is C16H18ClNO. The zero-order valence-electron chi connectivity index (χ0n) is 11.0. The van der Waals surface area contributed by atoms with Gasteiger partial charge in [-0.05, 0) is 37.6 Å². The van der Waals surface area contributed by atoms with Gasteiger partial charge in [-0.25, -0.2) is 0 Å². The Kier molecular flexibility index (Phi) is 4.83. The fourth-order valence-corrected chi connectivity index (χ4v) is 2.28. The molecule has 1 atom stereocenters. The Morgan fingerprint density at radius 1 is 1.11 bits per heavy atom. The fourth-order valence-electron chi connectivity index (χ4n) is 2.02. The van der Waals surface area contributed by atoms with E-state index in [2.05, 4.69) is 12.1 Å². The molecule has 0 saturated heterocycles. The van der Waals surface area contributed by atoms with Gasteiger partial charge >= 0.3 is 0 Å². The highest BCUT2D eigenvalue weighted by Gasteiger charge is 2.12. The van der Waals surface area contributed by atoms with Crippen LogP contribution in [0.15, 0.2) is 48.5 Å². The molecule has 2 rings (SSSR count). The van der Waals surface area contributed by atoms with E-state index < -0.39 is 0 Å². The molecule has 2 nitrogen and oxygen atoms in total. The van der Waals surface area contributed by atoms with Crippen molar-refractivity contribution in [3.63, 3.8) is 0 Å². The second kappa shape index (κ2) is 6.60. The lowest BCUT2D eigenvalue weighted by molar-refractivity contribution is 0.224. The predicted octanol–water partition coefficient (Wildman–Crippen LogP) is 3.98. The summed E-state index contributed by atoms with van der Waals surface area (Å²) in [5, 5.41) is 0.711. The first kappa shape index (κ1) is 13.9. The summed E-state index contributed by atoms with van der Waals surface area (Å²) in [4.78, 5) is 0. The van der Waals surface area contributed by atoms with Gasteiger partial charge in [0.25, 0.3) is 0 Å². The number of benzene rings is 2. The first-order chi connectivity index (χ1) is 9.22. The molecule has 2 aromatic carbocycles. The number of hydrogen-bond acceptors (Lipinski definition) is 2. The summed E-state index contributed by atoms with van der Waals surface area (Å²) in [6, 6.07) is 15.8. The quantitative estimate of drug-likeness (QED) is 0.896. The van der Waals surface area contributed by atoms with Gasteiger partial charge in [0.2, 0.25) is 0 Å². The molecule has 0 fully saturated rings. The summed E-state index contributed by atoms with van der Waals surface area (Å²) >= 11 is 6.20. The molecule has 0 amide bonds. The van der Waals surface area contributed by atoms with Crippen molar-refractivity contribution in [2.45, 2.75) is 19.4 Å². The summed E-state index contributed by atoms with van der Waals surface area (Å²) in [5.41, 5.74) is 7.75. The molecule has 0 radical (unpaired) electrons. The van der Waals surface area contributed by atoms with Crippen molar-refractivity contribution in [1.29, 1.82) is 0 Å². The van der Waals surface area contributed by atoms with Crippen molar-refractivity contribution in [3.8, 4) is 5.75 Å². The predicted molar refractivity (Wildman–Crippen MR) is 79.7 cm³/mol. The van der Waals surface area contributed by atoms with Crippen LogP contribution in [-0.2, 0) is 6.42 Å². The highest BCUT2D eigenvalue weighted by Crippen LogP contribution is 2.30. The average Bonchev–Trinajstić information content (AvgIpc) is 2.43. The summed E-state index contributed by atoms with van der Waals surface area (Å²) in [6.07, 6.45) is 0.701. The lowest BCUT2D eigenvalue weighted by Crippen LogP contribution is -2.08. The van der Waals surface area contributed by atoms with Crippen LogP contribution in [0.25, 0.3) is 0 Å². The van der Waals surface area contributed by atoms with Gasteiger partial charge in [0.1, 0.15) is 11.9 Å². The largest absolute Gasteiger partial charge is 0.486 e. The van der Waals surface area contributed by atoms with E-state index in [1.807, 2.05) is 43.3 Å². The van der Waals surface area contributed by atoms with Crippen LogP contribution < -0.4 is 10.5 Å². The molecule has 2 N–H and O–H groups in total. The van der Waals surface area contributed by atoms with Crippen LogP contribution in [0.4, 0.5) is 0 Å². The molecule has 1 unspecified atom stereocenters. The Morgan fingerprint density at radius 2 is 1.84 bits per heavy atom. The van der Waals surface area contributed by atoms with Crippen molar-refractivity contribution < 1.29 is 4.74 Å². The van der Waals surface area contributed by atoms with E-state index in [0.29, 0.717) is 11.6 Å². The van der Waals surface area contributed by atoms with Crippen LogP contribution in [0.1, 0.15) is 24.2 Å². The molecule has 0 heterocycles. The van der Waals surface area contributed by atoms with Gasteiger partial charge < -0.3 is 10.5 Å². The smallest absolute Gasteiger partial charge is 0.124 e. The molecule has 19 heavy (non-hydrogen) atoms. The van der Waals surface area contributed by atoms with Gasteiger partial charge in [-0.2, -0.15) is 0 Å². The third kappa shape index (κ3) is 3.49. The molecule has 0 bridgehead atoms. The fraction of sp³-hybridized carbons (Fsp3) is 0.250. The van der Waals surface area contributed by atoms with Crippen molar-refractivity contribution in [2.75, 3.05) is 6.54 Å². The van der Waals surface area contributed by atoms with Crippen LogP contribution in [0.5, 0.6) is 5.75 Å². The number of halogens is 1. The first-order valence-corrected chi connectivity index (χ1v) is 6.79. The topological polar surface area (TPSA) is 35.2 Å². The van der Waals surface area contributed by atoms with Crippen molar-refractivity contribution in [2.24, 2.45) is 5.73 Å². The number of ether oxygens (including phenoxy) is 1. The van der Waals surface area contributed by atoms with Crippen LogP contribution in [0.3, 0.4) is 0 Å². The highest BCUT2D eigenvalue weighted by atomic mass is 35.5.